The highest BCUT2D eigenvalue weighted by molar-refractivity contribution is 6.00. The van der Waals surface area contributed by atoms with Crippen LogP contribution in [0.1, 0.15) is 31.3 Å². The second-order valence-electron chi connectivity index (χ2n) is 7.45. The summed E-state index contributed by atoms with van der Waals surface area (Å²) in [4.78, 5) is 21.8. The largest absolute Gasteiger partial charge is 0.497 e. The Labute approximate surface area is 174 Å². The topological polar surface area (TPSA) is 86.3 Å². The van der Waals surface area contributed by atoms with Crippen LogP contribution in [-0.2, 0) is 0 Å². The Morgan fingerprint density at radius 2 is 2.00 bits per heavy atom. The Balaban J connectivity index is 1.82. The van der Waals surface area contributed by atoms with Gasteiger partial charge in [0.15, 0.2) is 11.5 Å². The molecule has 0 aliphatic carbocycles. The van der Waals surface area contributed by atoms with Crippen molar-refractivity contribution < 1.29 is 9.53 Å². The lowest BCUT2D eigenvalue weighted by Crippen LogP contribution is -2.36. The minimum absolute atomic E-state index is 0.0247. The van der Waals surface area contributed by atoms with E-state index in [-0.39, 0.29) is 11.9 Å². The first-order valence-corrected chi connectivity index (χ1v) is 9.81. The van der Waals surface area contributed by atoms with Crippen molar-refractivity contribution in [3.63, 3.8) is 0 Å². The maximum atomic E-state index is 12.9. The van der Waals surface area contributed by atoms with Crippen molar-refractivity contribution >= 4 is 11.4 Å². The van der Waals surface area contributed by atoms with Crippen LogP contribution in [0.15, 0.2) is 55.1 Å². The molecule has 0 saturated carbocycles. The van der Waals surface area contributed by atoms with E-state index in [1.807, 2.05) is 41.7 Å². The molecule has 1 aromatic carbocycles. The third kappa shape index (κ3) is 3.52. The van der Waals surface area contributed by atoms with Gasteiger partial charge in [0.2, 0.25) is 0 Å². The molecule has 0 saturated heterocycles. The highest BCUT2D eigenvalue weighted by Gasteiger charge is 2.22. The van der Waals surface area contributed by atoms with E-state index in [1.165, 1.54) is 0 Å². The molecule has 8 heteroatoms. The molecule has 1 N–H and O–H groups in total. The van der Waals surface area contributed by atoms with Crippen LogP contribution in [0.3, 0.4) is 0 Å². The van der Waals surface area contributed by atoms with Gasteiger partial charge >= 0.3 is 0 Å². The summed E-state index contributed by atoms with van der Waals surface area (Å²) in [7, 11) is 1.63. The van der Waals surface area contributed by atoms with Gasteiger partial charge < -0.3 is 10.1 Å². The number of fused-ring (bicyclic) bond motifs is 1. The summed E-state index contributed by atoms with van der Waals surface area (Å²) in [6.45, 7) is 6.11. The lowest BCUT2D eigenvalue weighted by Gasteiger charge is -2.16. The highest BCUT2D eigenvalue weighted by atomic mass is 16.5. The monoisotopic (exact) mass is 404 g/mol. The van der Waals surface area contributed by atoms with E-state index in [1.54, 1.807) is 36.6 Å². The molecule has 30 heavy (non-hydrogen) atoms. The zero-order valence-corrected chi connectivity index (χ0v) is 17.4. The first-order valence-electron chi connectivity index (χ1n) is 9.81. The molecule has 0 bridgehead atoms. The standard InChI is InChI=1S/C22H24N6O2/c1-14(2)15(3)25-22(29)20-19-13-23-10-11-27(19)21(26-20)18-8-9-24-28(18)16-6-5-7-17(12-16)30-4/h5-15H,1-4H3,(H,25,29)/t15-/m0/s1. The number of hydrogen-bond donors (Lipinski definition) is 1. The predicted molar refractivity (Wildman–Crippen MR) is 114 cm³/mol. The fourth-order valence-corrected chi connectivity index (χ4v) is 3.15. The number of methoxy groups -OCH3 is 1. The average molecular weight is 404 g/mol. The van der Waals surface area contributed by atoms with E-state index in [0.717, 1.165) is 17.1 Å². The second-order valence-corrected chi connectivity index (χ2v) is 7.45. The Bertz CT molecular complexity index is 1190. The van der Waals surface area contributed by atoms with Crippen molar-refractivity contribution in [2.75, 3.05) is 7.11 Å². The zero-order chi connectivity index (χ0) is 21.3. The molecule has 0 fully saturated rings. The number of aromatic nitrogens is 5. The molecule has 4 aromatic rings. The maximum absolute atomic E-state index is 12.9. The van der Waals surface area contributed by atoms with Gasteiger partial charge in [0.25, 0.3) is 5.91 Å². The van der Waals surface area contributed by atoms with Gasteiger partial charge in [-0.25, -0.2) is 9.67 Å². The van der Waals surface area contributed by atoms with E-state index in [2.05, 4.69) is 29.2 Å². The van der Waals surface area contributed by atoms with Gasteiger partial charge in [0.05, 0.1) is 30.7 Å². The number of hydrogen-bond acceptors (Lipinski definition) is 5. The highest BCUT2D eigenvalue weighted by Crippen LogP contribution is 2.26. The number of carbonyl (C=O) groups excluding carboxylic acids is 1. The summed E-state index contributed by atoms with van der Waals surface area (Å²) in [6.07, 6.45) is 6.82. The van der Waals surface area contributed by atoms with Gasteiger partial charge in [-0.1, -0.05) is 19.9 Å². The van der Waals surface area contributed by atoms with Crippen LogP contribution in [0.2, 0.25) is 0 Å². The summed E-state index contributed by atoms with van der Waals surface area (Å²) in [5.74, 6) is 1.43. The molecule has 3 heterocycles. The molecule has 4 rings (SSSR count). The lowest BCUT2D eigenvalue weighted by atomic mass is 10.1. The summed E-state index contributed by atoms with van der Waals surface area (Å²) in [5.41, 5.74) is 2.56. The maximum Gasteiger partial charge on any atom is 0.272 e. The number of nitrogens with one attached hydrogen (secondary N) is 1. The van der Waals surface area contributed by atoms with Crippen LogP contribution in [0.4, 0.5) is 0 Å². The molecule has 8 nitrogen and oxygen atoms in total. The lowest BCUT2D eigenvalue weighted by molar-refractivity contribution is 0.0927. The molecule has 0 spiro atoms. The molecular weight excluding hydrogens is 380 g/mol. The molecule has 154 valence electrons. The fourth-order valence-electron chi connectivity index (χ4n) is 3.15. The molecular formula is C22H24N6O2. The minimum Gasteiger partial charge on any atom is -0.497 e. The van der Waals surface area contributed by atoms with E-state index >= 15 is 0 Å². The van der Waals surface area contributed by atoms with E-state index in [9.17, 15) is 4.79 Å². The quantitative estimate of drug-likeness (QED) is 0.532. The number of imidazole rings is 1. The van der Waals surface area contributed by atoms with E-state index < -0.39 is 0 Å². The molecule has 1 atom stereocenters. The van der Waals surface area contributed by atoms with Crippen molar-refractivity contribution in [2.24, 2.45) is 5.92 Å². The van der Waals surface area contributed by atoms with Crippen LogP contribution >= 0.6 is 0 Å². The predicted octanol–water partition coefficient (Wildman–Crippen LogP) is 3.36. The Kier molecular flexibility index (Phi) is 5.22. The first kappa shape index (κ1) is 19.6. The molecule has 3 aromatic heterocycles. The third-order valence-electron chi connectivity index (χ3n) is 5.19. The SMILES string of the molecule is COc1cccc(-n2nccc2-c2nc(C(=O)N[C@@H](C)C(C)C)c3cnccn23)c1. The van der Waals surface area contributed by atoms with E-state index in [4.69, 9.17) is 9.72 Å². The Hall–Kier alpha value is -3.68. The average Bonchev–Trinajstić information content (AvgIpc) is 3.38. The molecule has 1 amide bonds. The number of rotatable bonds is 6. The Morgan fingerprint density at radius 1 is 1.17 bits per heavy atom. The fraction of sp³-hybridized carbons (Fsp3) is 0.273. The van der Waals surface area contributed by atoms with Crippen LogP contribution in [-0.4, -0.2) is 43.2 Å². The van der Waals surface area contributed by atoms with Crippen LogP contribution < -0.4 is 10.1 Å². The molecule has 0 radical (unpaired) electrons. The van der Waals surface area contributed by atoms with Gasteiger partial charge in [-0.3, -0.25) is 14.2 Å². The second kappa shape index (κ2) is 7.98. The molecule has 0 aliphatic rings. The van der Waals surface area contributed by atoms with Crippen molar-refractivity contribution in [1.82, 2.24) is 29.5 Å². The number of amides is 1. The number of carbonyl (C=O) groups is 1. The van der Waals surface area contributed by atoms with E-state index in [0.29, 0.717) is 23.0 Å². The van der Waals surface area contributed by atoms with Crippen LogP contribution in [0, 0.1) is 5.92 Å². The van der Waals surface area contributed by atoms with Crippen molar-refractivity contribution in [3.8, 4) is 23.0 Å². The summed E-state index contributed by atoms with van der Waals surface area (Å²) < 4.78 is 8.97. The Morgan fingerprint density at radius 3 is 2.77 bits per heavy atom. The minimum atomic E-state index is -0.222. The third-order valence-corrected chi connectivity index (χ3v) is 5.19. The van der Waals surface area contributed by atoms with Gasteiger partial charge in [-0.05, 0) is 31.0 Å². The normalized spacial score (nSPS) is 12.3. The van der Waals surface area contributed by atoms with Crippen molar-refractivity contribution in [2.45, 2.75) is 26.8 Å². The summed E-state index contributed by atoms with van der Waals surface area (Å²) in [6, 6.07) is 9.51. The number of benzene rings is 1. The molecule has 0 aliphatic heterocycles. The van der Waals surface area contributed by atoms with Gasteiger partial charge in [-0.2, -0.15) is 5.10 Å². The van der Waals surface area contributed by atoms with Crippen LogP contribution in [0.5, 0.6) is 5.75 Å². The number of nitrogens with zero attached hydrogens (tertiary/aromatic N) is 5. The summed E-state index contributed by atoms with van der Waals surface area (Å²) >= 11 is 0. The zero-order valence-electron chi connectivity index (χ0n) is 17.4. The molecule has 0 unspecified atom stereocenters. The van der Waals surface area contributed by atoms with Crippen molar-refractivity contribution in [1.29, 1.82) is 0 Å². The summed E-state index contributed by atoms with van der Waals surface area (Å²) in [5, 5.41) is 7.49. The van der Waals surface area contributed by atoms with Gasteiger partial charge in [0.1, 0.15) is 11.4 Å². The van der Waals surface area contributed by atoms with Gasteiger partial charge in [-0.15, -0.1) is 0 Å². The van der Waals surface area contributed by atoms with Crippen LogP contribution in [0.25, 0.3) is 22.7 Å². The van der Waals surface area contributed by atoms with Gasteiger partial charge in [0, 0.05) is 24.5 Å². The van der Waals surface area contributed by atoms with Crippen molar-refractivity contribution in [3.05, 3.63) is 60.8 Å². The first-order chi connectivity index (χ1) is 14.5. The smallest absolute Gasteiger partial charge is 0.272 e. The number of ether oxygens (including phenoxy) is 1.